The van der Waals surface area contributed by atoms with Crippen molar-refractivity contribution in [2.75, 3.05) is 0 Å². The third-order valence-electron chi connectivity index (χ3n) is 2.50. The van der Waals surface area contributed by atoms with Gasteiger partial charge >= 0.3 is 0 Å². The van der Waals surface area contributed by atoms with E-state index in [2.05, 4.69) is 20.9 Å². The van der Waals surface area contributed by atoms with Crippen molar-refractivity contribution in [3.63, 3.8) is 0 Å². The van der Waals surface area contributed by atoms with Crippen molar-refractivity contribution in [2.24, 2.45) is 0 Å². The lowest BCUT2D eigenvalue weighted by atomic mass is 10.1. The van der Waals surface area contributed by atoms with E-state index in [9.17, 15) is 13.9 Å². The number of halogens is 3. The van der Waals surface area contributed by atoms with Crippen LogP contribution in [0.15, 0.2) is 41.0 Å². The number of pyridine rings is 1. The predicted molar refractivity (Wildman–Crippen MR) is 67.0 cm³/mol. The summed E-state index contributed by atoms with van der Waals surface area (Å²) in [6.45, 7) is 0. The number of hydrogen-bond acceptors (Lipinski definition) is 2. The summed E-state index contributed by atoms with van der Waals surface area (Å²) in [7, 11) is 0. The number of nitrogens with zero attached hydrogens (tertiary/aromatic N) is 1. The van der Waals surface area contributed by atoms with Crippen LogP contribution < -0.4 is 0 Å². The van der Waals surface area contributed by atoms with Crippen LogP contribution in [-0.4, -0.2) is 10.1 Å². The van der Waals surface area contributed by atoms with Crippen molar-refractivity contribution < 1.29 is 13.9 Å². The van der Waals surface area contributed by atoms with Gasteiger partial charge in [-0.25, -0.2) is 8.78 Å². The van der Waals surface area contributed by atoms with Gasteiger partial charge in [-0.1, -0.05) is 6.07 Å². The van der Waals surface area contributed by atoms with E-state index in [1.54, 1.807) is 12.1 Å². The van der Waals surface area contributed by atoms with E-state index in [4.69, 9.17) is 0 Å². The van der Waals surface area contributed by atoms with Crippen molar-refractivity contribution in [1.29, 1.82) is 0 Å². The van der Waals surface area contributed by atoms with Crippen molar-refractivity contribution in [3.8, 4) is 0 Å². The molecule has 1 atom stereocenters. The molecule has 0 spiro atoms. The Hall–Kier alpha value is -1.33. The molecule has 2 aromatic rings. The molecule has 0 bridgehead atoms. The first-order valence-electron chi connectivity index (χ1n) is 5.29. The molecule has 2 nitrogen and oxygen atoms in total. The topological polar surface area (TPSA) is 33.1 Å². The standard InChI is InChI=1S/C13H10BrF2NO/c14-10-5-8(1-3-11(10)16)6-13(18)12-4-2-9(15)7-17-12/h1-5,7,13,18H,6H2. The molecule has 94 valence electrons. The summed E-state index contributed by atoms with van der Waals surface area (Å²) in [5.41, 5.74) is 1.15. The molecule has 0 fully saturated rings. The molecule has 0 saturated carbocycles. The predicted octanol–water partition coefficient (Wildman–Crippen LogP) is 3.40. The smallest absolute Gasteiger partial charge is 0.141 e. The zero-order valence-electron chi connectivity index (χ0n) is 9.28. The fraction of sp³-hybridized carbons (Fsp3) is 0.154. The van der Waals surface area contributed by atoms with E-state index < -0.39 is 11.9 Å². The normalized spacial score (nSPS) is 12.4. The zero-order chi connectivity index (χ0) is 13.1. The van der Waals surface area contributed by atoms with Gasteiger partial charge in [0.2, 0.25) is 0 Å². The third kappa shape index (κ3) is 3.11. The van der Waals surface area contributed by atoms with Crippen molar-refractivity contribution >= 4 is 15.9 Å². The SMILES string of the molecule is OC(Cc1ccc(F)c(Br)c1)c1ccc(F)cn1. The quantitative estimate of drug-likeness (QED) is 0.942. The summed E-state index contributed by atoms with van der Waals surface area (Å²) in [6, 6.07) is 7.18. The molecule has 1 aromatic carbocycles. The molecule has 1 heterocycles. The Bertz CT molecular complexity index is 545. The highest BCUT2D eigenvalue weighted by Crippen LogP contribution is 2.21. The molecule has 0 amide bonds. The lowest BCUT2D eigenvalue weighted by molar-refractivity contribution is 0.173. The number of aliphatic hydroxyl groups is 1. The Balaban J connectivity index is 2.13. The van der Waals surface area contributed by atoms with E-state index >= 15 is 0 Å². The van der Waals surface area contributed by atoms with E-state index in [1.807, 2.05) is 0 Å². The third-order valence-corrected chi connectivity index (χ3v) is 3.11. The minimum absolute atomic E-state index is 0.289. The van der Waals surface area contributed by atoms with Crippen LogP contribution in [0, 0.1) is 11.6 Å². The van der Waals surface area contributed by atoms with Crippen molar-refractivity contribution in [3.05, 3.63) is 63.9 Å². The maximum atomic E-state index is 13.0. The first-order chi connectivity index (χ1) is 8.56. The Labute approximate surface area is 111 Å². The lowest BCUT2D eigenvalue weighted by Crippen LogP contribution is -2.04. The number of rotatable bonds is 3. The van der Waals surface area contributed by atoms with Gasteiger partial charge in [0.05, 0.1) is 22.5 Å². The first kappa shape index (κ1) is 13.1. The summed E-state index contributed by atoms with van der Waals surface area (Å²) in [4.78, 5) is 3.80. The van der Waals surface area contributed by atoms with Crippen LogP contribution in [0.2, 0.25) is 0 Å². The van der Waals surface area contributed by atoms with Gasteiger partial charge in [0.25, 0.3) is 0 Å². The second kappa shape index (κ2) is 5.54. The Morgan fingerprint density at radius 2 is 2.00 bits per heavy atom. The zero-order valence-corrected chi connectivity index (χ0v) is 10.9. The molecule has 0 aliphatic rings. The lowest BCUT2D eigenvalue weighted by Gasteiger charge is -2.10. The van der Waals surface area contributed by atoms with Gasteiger partial charge in [0.1, 0.15) is 11.6 Å². The van der Waals surface area contributed by atoms with E-state index in [0.717, 1.165) is 11.8 Å². The van der Waals surface area contributed by atoms with Gasteiger partial charge in [-0.2, -0.15) is 0 Å². The van der Waals surface area contributed by atoms with Crippen LogP contribution in [0.4, 0.5) is 8.78 Å². The summed E-state index contributed by atoms with van der Waals surface area (Å²) in [5, 5.41) is 9.93. The molecule has 0 radical (unpaired) electrons. The van der Waals surface area contributed by atoms with Crippen LogP contribution in [-0.2, 0) is 6.42 Å². The van der Waals surface area contributed by atoms with E-state index in [1.165, 1.54) is 18.2 Å². The number of benzene rings is 1. The summed E-state index contributed by atoms with van der Waals surface area (Å²) < 4.78 is 26.1. The summed E-state index contributed by atoms with van der Waals surface area (Å²) in [6.07, 6.45) is 0.499. The van der Waals surface area contributed by atoms with Gasteiger partial charge in [0, 0.05) is 6.42 Å². The van der Waals surface area contributed by atoms with Gasteiger partial charge in [0.15, 0.2) is 0 Å². The fourth-order valence-corrected chi connectivity index (χ4v) is 2.01. The van der Waals surface area contributed by atoms with E-state index in [0.29, 0.717) is 10.2 Å². The molecular weight excluding hydrogens is 304 g/mol. The fourth-order valence-electron chi connectivity index (χ4n) is 1.58. The van der Waals surface area contributed by atoms with Crippen LogP contribution in [0.5, 0.6) is 0 Å². The molecule has 0 aliphatic heterocycles. The Morgan fingerprint density at radius 1 is 1.22 bits per heavy atom. The molecular formula is C13H10BrF2NO. The number of aliphatic hydroxyl groups excluding tert-OH is 1. The molecule has 5 heteroatoms. The highest BCUT2D eigenvalue weighted by atomic mass is 79.9. The Kier molecular flexibility index (Phi) is 4.04. The van der Waals surface area contributed by atoms with Gasteiger partial charge < -0.3 is 5.11 Å². The van der Waals surface area contributed by atoms with Crippen molar-refractivity contribution in [2.45, 2.75) is 12.5 Å². The van der Waals surface area contributed by atoms with Crippen LogP contribution in [0.3, 0.4) is 0 Å². The maximum Gasteiger partial charge on any atom is 0.141 e. The first-order valence-corrected chi connectivity index (χ1v) is 6.09. The average molecular weight is 314 g/mol. The highest BCUT2D eigenvalue weighted by Gasteiger charge is 2.11. The molecule has 1 N–H and O–H groups in total. The second-order valence-electron chi connectivity index (χ2n) is 3.87. The van der Waals surface area contributed by atoms with E-state index in [-0.39, 0.29) is 12.2 Å². The highest BCUT2D eigenvalue weighted by molar-refractivity contribution is 9.10. The van der Waals surface area contributed by atoms with Crippen molar-refractivity contribution in [1.82, 2.24) is 4.98 Å². The summed E-state index contributed by atoms with van der Waals surface area (Å²) in [5.74, 6) is -0.802. The molecule has 0 saturated heterocycles. The minimum Gasteiger partial charge on any atom is -0.386 e. The second-order valence-corrected chi connectivity index (χ2v) is 4.72. The summed E-state index contributed by atoms with van der Waals surface area (Å²) >= 11 is 3.08. The van der Waals surface area contributed by atoms with Gasteiger partial charge in [-0.3, -0.25) is 4.98 Å². The largest absolute Gasteiger partial charge is 0.386 e. The Morgan fingerprint density at radius 3 is 2.61 bits per heavy atom. The molecule has 2 rings (SSSR count). The van der Waals surface area contributed by atoms with Crippen LogP contribution in [0.1, 0.15) is 17.4 Å². The average Bonchev–Trinajstić information content (AvgIpc) is 2.34. The van der Waals surface area contributed by atoms with Crippen LogP contribution >= 0.6 is 15.9 Å². The molecule has 1 unspecified atom stereocenters. The number of aromatic nitrogens is 1. The van der Waals surface area contributed by atoms with Gasteiger partial charge in [-0.15, -0.1) is 0 Å². The minimum atomic E-state index is -0.844. The monoisotopic (exact) mass is 313 g/mol. The maximum absolute atomic E-state index is 13.0. The molecule has 1 aromatic heterocycles. The number of hydrogen-bond donors (Lipinski definition) is 1. The molecule has 18 heavy (non-hydrogen) atoms. The molecule has 0 aliphatic carbocycles. The van der Waals surface area contributed by atoms with Gasteiger partial charge in [-0.05, 0) is 45.8 Å². The van der Waals surface area contributed by atoms with Crippen LogP contribution in [0.25, 0.3) is 0 Å².